The van der Waals surface area contributed by atoms with E-state index in [0.717, 1.165) is 10.6 Å². The third-order valence-electron chi connectivity index (χ3n) is 11.5. The molecular weight excluding hydrogens is 756 g/mol. The van der Waals surface area contributed by atoms with Crippen molar-refractivity contribution in [1.82, 2.24) is 9.99 Å². The number of pyridine rings is 1. The predicted molar refractivity (Wildman–Crippen MR) is 199 cm³/mol. The number of phenolic OH excluding ortho intramolecular Hbond substituents is 1. The summed E-state index contributed by atoms with van der Waals surface area (Å²) in [5.41, 5.74) is 3.16. The number of phenols is 1. The number of hydrogen-bond acceptors (Lipinski definition) is 7. The fourth-order valence-corrected chi connectivity index (χ4v) is 9.36. The largest absolute Gasteiger partial charge is 0.508 e. The third-order valence-corrected chi connectivity index (χ3v) is 12.0. The van der Waals surface area contributed by atoms with E-state index in [1.165, 1.54) is 11.0 Å². The molecule has 0 bridgehead atoms. The van der Waals surface area contributed by atoms with Crippen LogP contribution in [-0.2, 0) is 30.8 Å². The van der Waals surface area contributed by atoms with Crippen molar-refractivity contribution in [1.29, 1.82) is 0 Å². The molecule has 4 aliphatic rings. The zero-order chi connectivity index (χ0) is 39.1. The molecule has 3 heterocycles. The van der Waals surface area contributed by atoms with Crippen molar-refractivity contribution < 1.29 is 37.5 Å². The molecule has 2 aliphatic carbocycles. The Kier molecular flexibility index (Phi) is 8.69. The van der Waals surface area contributed by atoms with Gasteiger partial charge in [0.05, 0.1) is 39.4 Å². The number of alkyl halides is 3. The summed E-state index contributed by atoms with van der Waals surface area (Å²) >= 11 is 12.6. The molecule has 2 saturated heterocycles. The number of benzene rings is 3. The van der Waals surface area contributed by atoms with Gasteiger partial charge in [-0.05, 0) is 84.3 Å². The molecule has 9 nitrogen and oxygen atoms in total. The Balaban J connectivity index is 1.30. The Labute approximate surface area is 323 Å². The maximum Gasteiger partial charge on any atom is 0.417 e. The Hall–Kier alpha value is -5.46. The Morgan fingerprint density at radius 1 is 0.945 bits per heavy atom. The molecule has 280 valence electrons. The van der Waals surface area contributed by atoms with Crippen LogP contribution in [0.15, 0.2) is 97.2 Å². The normalized spacial score (nSPS) is 26.1. The maximum absolute atomic E-state index is 15.3. The van der Waals surface area contributed by atoms with Crippen LogP contribution in [0.5, 0.6) is 5.75 Å². The number of aryl methyl sites for hydroxylation is 1. The lowest BCUT2D eigenvalue weighted by Gasteiger charge is -2.50. The second kappa shape index (κ2) is 13.1. The molecule has 3 fully saturated rings. The van der Waals surface area contributed by atoms with Crippen LogP contribution in [-0.4, -0.2) is 38.7 Å². The highest BCUT2D eigenvalue weighted by atomic mass is 35.5. The number of imide groups is 2. The van der Waals surface area contributed by atoms with E-state index in [4.69, 9.17) is 23.2 Å². The van der Waals surface area contributed by atoms with Gasteiger partial charge in [0.2, 0.25) is 11.8 Å². The minimum absolute atomic E-state index is 0.000658. The summed E-state index contributed by atoms with van der Waals surface area (Å²) in [6.07, 6.45) is -0.503. The average molecular weight is 788 g/mol. The standard InChI is InChI=1S/C41H31Cl2F3N4O5/c1-3-21-4-11-26(12-5-21)49-36(52)28-14-13-27-29(33(28)38(49)54)18-30-37(53)50(48-35-31(43)17-24(19-47-35)41(44,45)46)39(55)40(30,23-7-9-25(42)10-8-23)34(27)22-6-15-32(51)20(2)16-22/h3-13,15-17,19,28-30,33-34,51H,1,14,18H2,2H3,(H,47,48)/t28-,29+,30-,33-,34-,40+/m0/s1. The highest BCUT2D eigenvalue weighted by molar-refractivity contribution is 6.33. The van der Waals surface area contributed by atoms with E-state index in [9.17, 15) is 32.7 Å². The molecule has 2 aliphatic heterocycles. The fraction of sp³-hybridized carbons (Fsp3) is 0.244. The number of aromatic hydroxyl groups is 1. The maximum atomic E-state index is 15.3. The van der Waals surface area contributed by atoms with Crippen LogP contribution in [0.25, 0.3) is 6.08 Å². The van der Waals surface area contributed by atoms with Crippen molar-refractivity contribution in [3.63, 3.8) is 0 Å². The first-order valence-corrected chi connectivity index (χ1v) is 18.2. The Morgan fingerprint density at radius 3 is 2.29 bits per heavy atom. The zero-order valence-electron chi connectivity index (χ0n) is 29.0. The van der Waals surface area contributed by atoms with E-state index in [0.29, 0.717) is 45.2 Å². The molecule has 4 aromatic rings. The number of anilines is 2. The Morgan fingerprint density at radius 2 is 1.65 bits per heavy atom. The molecule has 55 heavy (non-hydrogen) atoms. The van der Waals surface area contributed by atoms with Crippen molar-refractivity contribution in [2.75, 3.05) is 10.3 Å². The first kappa shape index (κ1) is 36.5. The molecular formula is C41H31Cl2F3N4O5. The number of hydrogen-bond donors (Lipinski definition) is 2. The molecule has 8 rings (SSSR count). The smallest absolute Gasteiger partial charge is 0.417 e. The molecule has 6 atom stereocenters. The summed E-state index contributed by atoms with van der Waals surface area (Å²) < 4.78 is 40.4. The van der Waals surface area contributed by atoms with Crippen LogP contribution in [0.2, 0.25) is 10.0 Å². The van der Waals surface area contributed by atoms with Gasteiger partial charge in [-0.15, -0.1) is 0 Å². The van der Waals surface area contributed by atoms with Gasteiger partial charge in [-0.2, -0.15) is 18.2 Å². The molecule has 3 aromatic carbocycles. The lowest BCUT2D eigenvalue weighted by atomic mass is 9.49. The molecule has 4 amide bonds. The third kappa shape index (κ3) is 5.56. The van der Waals surface area contributed by atoms with E-state index in [2.05, 4.69) is 17.0 Å². The number of aromatic nitrogens is 1. The van der Waals surface area contributed by atoms with E-state index >= 15 is 4.79 Å². The lowest BCUT2D eigenvalue weighted by Crippen LogP contribution is -2.53. The highest BCUT2D eigenvalue weighted by Crippen LogP contribution is 2.64. The van der Waals surface area contributed by atoms with Crippen molar-refractivity contribution in [2.45, 2.75) is 37.3 Å². The van der Waals surface area contributed by atoms with E-state index in [1.807, 2.05) is 6.08 Å². The first-order valence-electron chi connectivity index (χ1n) is 17.4. The number of carbonyl (C=O) groups is 4. The van der Waals surface area contributed by atoms with Crippen LogP contribution in [0, 0.1) is 30.6 Å². The molecule has 0 spiro atoms. The number of fused-ring (bicyclic) bond motifs is 4. The van der Waals surface area contributed by atoms with Crippen molar-refractivity contribution in [2.24, 2.45) is 23.7 Å². The SMILES string of the molecule is C=Cc1ccc(N2C(=O)[C@H]3[C@H](CC=C4[C@H]3C[C@H]3C(=O)N(Nc5ncc(C(F)(F)F)cc5Cl)C(=O)[C@@]3(c3ccc(Cl)cc3)[C@H]4c3ccc(O)c(C)c3)C2=O)cc1. The van der Waals surface area contributed by atoms with Crippen LogP contribution < -0.4 is 10.3 Å². The van der Waals surface area contributed by atoms with Gasteiger partial charge in [0.25, 0.3) is 11.8 Å². The summed E-state index contributed by atoms with van der Waals surface area (Å²) in [5.74, 6) is -6.98. The van der Waals surface area contributed by atoms with E-state index in [1.54, 1.807) is 73.7 Å². The van der Waals surface area contributed by atoms with Gasteiger partial charge in [0.1, 0.15) is 5.75 Å². The number of nitrogens with zero attached hydrogens (tertiary/aromatic N) is 3. The number of carbonyl (C=O) groups excluding carboxylic acids is 4. The first-order chi connectivity index (χ1) is 26.2. The van der Waals surface area contributed by atoms with E-state index in [-0.39, 0.29) is 30.3 Å². The number of allylic oxidation sites excluding steroid dienone is 2. The number of nitrogens with one attached hydrogen (secondary N) is 1. The summed E-state index contributed by atoms with van der Waals surface area (Å²) in [6, 6.07) is 18.9. The van der Waals surface area contributed by atoms with Crippen LogP contribution in [0.1, 0.15) is 46.6 Å². The average Bonchev–Trinajstić information content (AvgIpc) is 3.54. The van der Waals surface area contributed by atoms with Gasteiger partial charge in [0.15, 0.2) is 5.82 Å². The Bertz CT molecular complexity index is 2350. The highest BCUT2D eigenvalue weighted by Gasteiger charge is 2.70. The van der Waals surface area contributed by atoms with Gasteiger partial charge in [-0.1, -0.05) is 83.9 Å². The lowest BCUT2D eigenvalue weighted by molar-refractivity contribution is -0.139. The van der Waals surface area contributed by atoms with Gasteiger partial charge in [-0.25, -0.2) is 4.98 Å². The van der Waals surface area contributed by atoms with Gasteiger partial charge in [-0.3, -0.25) is 29.5 Å². The molecule has 2 N–H and O–H groups in total. The summed E-state index contributed by atoms with van der Waals surface area (Å²) in [5, 5.41) is 11.2. The second-order valence-electron chi connectivity index (χ2n) is 14.3. The molecule has 0 radical (unpaired) electrons. The molecule has 0 unspecified atom stereocenters. The van der Waals surface area contributed by atoms with Crippen LogP contribution in [0.4, 0.5) is 24.7 Å². The van der Waals surface area contributed by atoms with Crippen LogP contribution >= 0.6 is 23.2 Å². The summed E-state index contributed by atoms with van der Waals surface area (Å²) in [7, 11) is 0. The molecule has 1 aromatic heterocycles. The van der Waals surface area contributed by atoms with Gasteiger partial charge >= 0.3 is 6.18 Å². The van der Waals surface area contributed by atoms with Gasteiger partial charge < -0.3 is 5.11 Å². The quantitative estimate of drug-likeness (QED) is 0.149. The molecule has 14 heteroatoms. The van der Waals surface area contributed by atoms with E-state index < -0.39 is 69.5 Å². The van der Waals surface area contributed by atoms with Crippen LogP contribution in [0.3, 0.4) is 0 Å². The van der Waals surface area contributed by atoms with Crippen molar-refractivity contribution >= 4 is 64.4 Å². The van der Waals surface area contributed by atoms with Crippen molar-refractivity contribution in [3.8, 4) is 5.75 Å². The second-order valence-corrected chi connectivity index (χ2v) is 15.1. The number of rotatable bonds is 6. The fourth-order valence-electron chi connectivity index (χ4n) is 9.03. The topological polar surface area (TPSA) is 120 Å². The minimum atomic E-state index is -4.75. The minimum Gasteiger partial charge on any atom is -0.508 e. The summed E-state index contributed by atoms with van der Waals surface area (Å²) in [6.45, 7) is 5.46. The predicted octanol–water partition coefficient (Wildman–Crippen LogP) is 8.25. The monoisotopic (exact) mass is 786 g/mol. The summed E-state index contributed by atoms with van der Waals surface area (Å²) in [4.78, 5) is 63.7. The number of hydrazine groups is 1. The van der Waals surface area contributed by atoms with Crippen molar-refractivity contribution in [3.05, 3.63) is 135 Å². The van der Waals surface area contributed by atoms with Gasteiger partial charge in [0, 0.05) is 17.1 Å². The zero-order valence-corrected chi connectivity index (χ0v) is 30.5. The number of amides is 4. The number of halogens is 5. The molecule has 1 saturated carbocycles.